The molecule has 1 aromatic heterocycles. The van der Waals surface area contributed by atoms with Crippen LogP contribution in [-0.2, 0) is 6.54 Å². The summed E-state index contributed by atoms with van der Waals surface area (Å²) in [5.74, 6) is 6.45. The summed E-state index contributed by atoms with van der Waals surface area (Å²) in [7, 11) is 1.59. The number of hydrogen-bond acceptors (Lipinski definition) is 4. The molecule has 0 saturated carbocycles. The zero-order chi connectivity index (χ0) is 14.4. The minimum atomic E-state index is -0.280. The number of aromatic nitrogens is 2. The largest absolute Gasteiger partial charge is 0.495 e. The summed E-state index contributed by atoms with van der Waals surface area (Å²) in [6, 6.07) is 7.34. The molecule has 2 rings (SSSR count). The molecule has 5 nitrogen and oxygen atoms in total. The highest BCUT2D eigenvalue weighted by molar-refractivity contribution is 5.48. The molecule has 0 aliphatic heterocycles. The molecule has 5 heteroatoms. The minimum Gasteiger partial charge on any atom is -0.495 e. The van der Waals surface area contributed by atoms with Gasteiger partial charge in [-0.1, -0.05) is 17.9 Å². The number of benzene rings is 1. The molecule has 0 aliphatic carbocycles. The van der Waals surface area contributed by atoms with Crippen molar-refractivity contribution in [3.8, 4) is 17.6 Å². The number of rotatable bonds is 3. The fourth-order valence-electron chi connectivity index (χ4n) is 1.80. The SMILES string of the molecule is COc1ccc(Cn2cccnc2=O)cc1C#CCN. The van der Waals surface area contributed by atoms with Crippen LogP contribution in [0.25, 0.3) is 0 Å². The van der Waals surface area contributed by atoms with Gasteiger partial charge in [-0.05, 0) is 23.8 Å². The van der Waals surface area contributed by atoms with Gasteiger partial charge in [-0.3, -0.25) is 4.57 Å². The van der Waals surface area contributed by atoms with Crippen molar-refractivity contribution in [2.45, 2.75) is 6.54 Å². The Bertz CT molecular complexity index is 711. The quantitative estimate of drug-likeness (QED) is 0.829. The van der Waals surface area contributed by atoms with Gasteiger partial charge in [0.05, 0.1) is 25.8 Å². The van der Waals surface area contributed by atoms with Crippen LogP contribution in [0, 0.1) is 11.8 Å². The van der Waals surface area contributed by atoms with E-state index < -0.39 is 0 Å². The first-order valence-electron chi connectivity index (χ1n) is 6.12. The third kappa shape index (κ3) is 3.25. The van der Waals surface area contributed by atoms with E-state index in [2.05, 4.69) is 16.8 Å². The van der Waals surface area contributed by atoms with Crippen LogP contribution in [-0.4, -0.2) is 23.2 Å². The van der Waals surface area contributed by atoms with Crippen molar-refractivity contribution < 1.29 is 4.74 Å². The molecule has 20 heavy (non-hydrogen) atoms. The Hall–Kier alpha value is -2.58. The van der Waals surface area contributed by atoms with Gasteiger partial charge in [-0.15, -0.1) is 0 Å². The van der Waals surface area contributed by atoms with Crippen molar-refractivity contribution >= 4 is 0 Å². The topological polar surface area (TPSA) is 70.1 Å². The van der Waals surface area contributed by atoms with Crippen molar-refractivity contribution in [2.24, 2.45) is 5.73 Å². The Balaban J connectivity index is 2.34. The van der Waals surface area contributed by atoms with E-state index in [0.717, 1.165) is 11.1 Å². The molecule has 0 spiro atoms. The number of ether oxygens (including phenoxy) is 1. The van der Waals surface area contributed by atoms with Gasteiger partial charge in [0.2, 0.25) is 0 Å². The summed E-state index contributed by atoms with van der Waals surface area (Å²) in [6.07, 6.45) is 3.18. The molecular formula is C15H15N3O2. The first-order valence-corrected chi connectivity index (χ1v) is 6.12. The maximum atomic E-state index is 11.6. The average Bonchev–Trinajstić information content (AvgIpc) is 2.47. The van der Waals surface area contributed by atoms with Crippen LogP contribution in [0.3, 0.4) is 0 Å². The molecule has 0 radical (unpaired) electrons. The highest BCUT2D eigenvalue weighted by Gasteiger charge is 2.04. The Morgan fingerprint density at radius 3 is 3.00 bits per heavy atom. The van der Waals surface area contributed by atoms with Crippen molar-refractivity contribution in [1.29, 1.82) is 0 Å². The van der Waals surface area contributed by atoms with Crippen LogP contribution in [0.1, 0.15) is 11.1 Å². The second-order valence-corrected chi connectivity index (χ2v) is 4.07. The Kier molecular flexibility index (Phi) is 4.53. The Morgan fingerprint density at radius 1 is 1.45 bits per heavy atom. The van der Waals surface area contributed by atoms with E-state index in [1.807, 2.05) is 18.2 Å². The van der Waals surface area contributed by atoms with E-state index in [4.69, 9.17) is 10.5 Å². The monoisotopic (exact) mass is 269 g/mol. The van der Waals surface area contributed by atoms with Gasteiger partial charge in [0, 0.05) is 12.4 Å². The van der Waals surface area contributed by atoms with E-state index in [-0.39, 0.29) is 12.2 Å². The van der Waals surface area contributed by atoms with Crippen molar-refractivity contribution in [1.82, 2.24) is 9.55 Å². The first kappa shape index (κ1) is 13.8. The zero-order valence-electron chi connectivity index (χ0n) is 11.2. The lowest BCUT2D eigenvalue weighted by Gasteiger charge is -2.08. The van der Waals surface area contributed by atoms with Gasteiger partial charge in [0.25, 0.3) is 0 Å². The molecule has 0 amide bonds. The predicted molar refractivity (Wildman–Crippen MR) is 76.5 cm³/mol. The first-order chi connectivity index (χ1) is 9.74. The molecule has 1 aromatic carbocycles. The smallest absolute Gasteiger partial charge is 0.347 e. The molecule has 2 aromatic rings. The highest BCUT2D eigenvalue weighted by Crippen LogP contribution is 2.19. The molecule has 0 bridgehead atoms. The van der Waals surface area contributed by atoms with Crippen molar-refractivity contribution in [3.05, 3.63) is 58.3 Å². The number of nitrogens with two attached hydrogens (primary N) is 1. The summed E-state index contributed by atoms with van der Waals surface area (Å²) >= 11 is 0. The van der Waals surface area contributed by atoms with Crippen LogP contribution in [0.4, 0.5) is 0 Å². The van der Waals surface area contributed by atoms with Crippen LogP contribution in [0.2, 0.25) is 0 Å². The molecular weight excluding hydrogens is 254 g/mol. The molecule has 0 unspecified atom stereocenters. The molecule has 0 atom stereocenters. The maximum Gasteiger partial charge on any atom is 0.347 e. The maximum absolute atomic E-state index is 11.6. The Labute approximate surface area is 117 Å². The summed E-state index contributed by atoms with van der Waals surface area (Å²) < 4.78 is 6.78. The second kappa shape index (κ2) is 6.55. The van der Waals surface area contributed by atoms with Gasteiger partial charge in [-0.2, -0.15) is 0 Å². The molecule has 1 heterocycles. The lowest BCUT2D eigenvalue weighted by atomic mass is 10.1. The third-order valence-electron chi connectivity index (χ3n) is 2.72. The van der Waals surface area contributed by atoms with Crippen molar-refractivity contribution in [2.75, 3.05) is 13.7 Å². The predicted octanol–water partition coefficient (Wildman–Crippen LogP) is 0.610. The van der Waals surface area contributed by atoms with Crippen LogP contribution >= 0.6 is 0 Å². The standard InChI is InChI=1S/C15H15N3O2/c1-20-14-6-5-12(10-13(14)4-2-7-16)11-18-9-3-8-17-15(18)19/h3,5-6,8-10H,7,11,16H2,1H3. The zero-order valence-corrected chi connectivity index (χ0v) is 11.2. The van der Waals surface area contributed by atoms with Crippen LogP contribution < -0.4 is 16.2 Å². The van der Waals surface area contributed by atoms with E-state index in [9.17, 15) is 4.79 Å². The molecule has 0 saturated heterocycles. The average molecular weight is 269 g/mol. The summed E-state index contributed by atoms with van der Waals surface area (Å²) in [4.78, 5) is 15.3. The molecule has 0 aliphatic rings. The lowest BCUT2D eigenvalue weighted by Crippen LogP contribution is -2.21. The Morgan fingerprint density at radius 2 is 2.30 bits per heavy atom. The lowest BCUT2D eigenvalue weighted by molar-refractivity contribution is 0.413. The molecule has 0 fully saturated rings. The van der Waals surface area contributed by atoms with Gasteiger partial charge in [0.1, 0.15) is 5.75 Å². The molecule has 102 valence electrons. The van der Waals surface area contributed by atoms with E-state index in [1.165, 1.54) is 10.8 Å². The van der Waals surface area contributed by atoms with Gasteiger partial charge >= 0.3 is 5.69 Å². The summed E-state index contributed by atoms with van der Waals surface area (Å²) in [5, 5.41) is 0. The fraction of sp³-hybridized carbons (Fsp3) is 0.200. The van der Waals surface area contributed by atoms with Crippen molar-refractivity contribution in [3.63, 3.8) is 0 Å². The van der Waals surface area contributed by atoms with Crippen LogP contribution in [0.15, 0.2) is 41.5 Å². The molecule has 2 N–H and O–H groups in total. The van der Waals surface area contributed by atoms with Gasteiger partial charge in [-0.25, -0.2) is 9.78 Å². The van der Waals surface area contributed by atoms with E-state index in [1.54, 1.807) is 19.4 Å². The number of methoxy groups -OCH3 is 1. The number of hydrogen-bond donors (Lipinski definition) is 1. The third-order valence-corrected chi connectivity index (χ3v) is 2.72. The van der Waals surface area contributed by atoms with Crippen LogP contribution in [0.5, 0.6) is 5.75 Å². The number of nitrogens with zero attached hydrogens (tertiary/aromatic N) is 2. The van der Waals surface area contributed by atoms with Gasteiger partial charge in [0.15, 0.2) is 0 Å². The normalized spacial score (nSPS) is 9.70. The van der Waals surface area contributed by atoms with E-state index >= 15 is 0 Å². The second-order valence-electron chi connectivity index (χ2n) is 4.07. The summed E-state index contributed by atoms with van der Waals surface area (Å²) in [5.41, 5.74) is 6.80. The highest BCUT2D eigenvalue weighted by atomic mass is 16.5. The fourth-order valence-corrected chi connectivity index (χ4v) is 1.80. The van der Waals surface area contributed by atoms with E-state index in [0.29, 0.717) is 12.3 Å². The summed E-state index contributed by atoms with van der Waals surface area (Å²) in [6.45, 7) is 0.726. The van der Waals surface area contributed by atoms with Gasteiger partial charge < -0.3 is 10.5 Å². The minimum absolute atomic E-state index is 0.280.